The Morgan fingerprint density at radius 2 is 2.18 bits per heavy atom. The van der Waals surface area contributed by atoms with E-state index in [9.17, 15) is 9.59 Å². The molecule has 94 valence electrons. The van der Waals surface area contributed by atoms with E-state index in [-0.39, 0.29) is 18.5 Å². The van der Waals surface area contributed by atoms with Crippen LogP contribution in [0.5, 0.6) is 0 Å². The first-order valence-electron chi connectivity index (χ1n) is 5.30. The smallest absolute Gasteiger partial charge is 0.336 e. The molecule has 0 atom stereocenters. The minimum Gasteiger partial charge on any atom is -0.478 e. The molecule has 0 aliphatic carbocycles. The van der Waals surface area contributed by atoms with Crippen LogP contribution in [0.3, 0.4) is 0 Å². The molecule has 1 heterocycles. The summed E-state index contributed by atoms with van der Waals surface area (Å²) in [4.78, 5) is 22.8. The molecule has 1 amide bonds. The Morgan fingerprint density at radius 1 is 1.47 bits per heavy atom. The highest BCUT2D eigenvalue weighted by Gasteiger charge is 2.07. The van der Waals surface area contributed by atoms with Gasteiger partial charge in [0.25, 0.3) is 0 Å². The minimum atomic E-state index is -0.926. The molecule has 0 spiro atoms. The Kier molecular flexibility index (Phi) is 5.11. The van der Waals surface area contributed by atoms with Crippen LogP contribution in [0.4, 0.5) is 0 Å². The van der Waals surface area contributed by atoms with Crippen LogP contribution in [-0.4, -0.2) is 29.6 Å². The Balaban J connectivity index is 2.31. The third kappa shape index (κ3) is 4.97. The van der Waals surface area contributed by atoms with Gasteiger partial charge in [-0.05, 0) is 19.9 Å². The van der Waals surface area contributed by atoms with E-state index in [4.69, 9.17) is 5.11 Å². The molecule has 1 aromatic rings. The highest BCUT2D eigenvalue weighted by Crippen LogP contribution is 2.14. The summed E-state index contributed by atoms with van der Waals surface area (Å²) in [5, 5.41) is 16.0. The maximum absolute atomic E-state index is 11.3. The van der Waals surface area contributed by atoms with Crippen molar-refractivity contribution in [1.29, 1.82) is 0 Å². The summed E-state index contributed by atoms with van der Waals surface area (Å²) in [6.45, 7) is 4.54. The van der Waals surface area contributed by atoms with Crippen LogP contribution in [0.2, 0.25) is 0 Å². The number of carboxylic acid groups (broad SMARTS) is 1. The zero-order valence-electron chi connectivity index (χ0n) is 9.82. The van der Waals surface area contributed by atoms with Crippen LogP contribution in [-0.2, 0) is 11.3 Å². The van der Waals surface area contributed by atoms with E-state index < -0.39 is 5.97 Å². The molecule has 17 heavy (non-hydrogen) atoms. The monoisotopic (exact) mass is 256 g/mol. The summed E-state index contributed by atoms with van der Waals surface area (Å²) < 4.78 is 0. The molecule has 0 bridgehead atoms. The molecule has 6 heteroatoms. The van der Waals surface area contributed by atoms with Gasteiger partial charge in [-0.3, -0.25) is 4.79 Å². The molecule has 1 rings (SSSR count). The summed E-state index contributed by atoms with van der Waals surface area (Å²) in [5.74, 6) is -0.986. The third-order valence-electron chi connectivity index (χ3n) is 1.94. The van der Waals surface area contributed by atoms with Gasteiger partial charge in [0.1, 0.15) is 0 Å². The maximum atomic E-state index is 11.3. The Morgan fingerprint density at radius 3 is 2.71 bits per heavy atom. The molecule has 0 aliphatic heterocycles. The largest absolute Gasteiger partial charge is 0.478 e. The molecule has 1 aromatic heterocycles. The predicted molar refractivity (Wildman–Crippen MR) is 66.3 cm³/mol. The van der Waals surface area contributed by atoms with Crippen molar-refractivity contribution in [1.82, 2.24) is 10.6 Å². The molecular weight excluding hydrogens is 240 g/mol. The third-order valence-corrected chi connectivity index (χ3v) is 2.87. The molecule has 0 saturated carbocycles. The molecule has 0 aromatic carbocycles. The Labute approximate surface area is 104 Å². The molecule has 0 unspecified atom stereocenters. The fraction of sp³-hybridized carbons (Fsp3) is 0.455. The van der Waals surface area contributed by atoms with E-state index >= 15 is 0 Å². The summed E-state index contributed by atoms with van der Waals surface area (Å²) in [5.41, 5.74) is 0.290. The molecule has 0 radical (unpaired) electrons. The lowest BCUT2D eigenvalue weighted by Gasteiger charge is -2.08. The fourth-order valence-electron chi connectivity index (χ4n) is 1.26. The number of aromatic carboxylic acids is 1. The average Bonchev–Trinajstić information content (AvgIpc) is 2.65. The SMILES string of the molecule is CC(C)NC(=O)CNCc1cc(C(=O)O)cs1. The first kappa shape index (κ1) is 13.7. The Bertz CT molecular complexity index is 401. The zero-order valence-corrected chi connectivity index (χ0v) is 10.6. The van der Waals surface area contributed by atoms with Crippen LogP contribution < -0.4 is 10.6 Å². The second-order valence-corrected chi connectivity index (χ2v) is 4.93. The van der Waals surface area contributed by atoms with E-state index in [0.717, 1.165) is 4.88 Å². The normalized spacial score (nSPS) is 10.5. The van der Waals surface area contributed by atoms with Crippen molar-refractivity contribution in [3.8, 4) is 0 Å². The van der Waals surface area contributed by atoms with Crippen molar-refractivity contribution < 1.29 is 14.7 Å². The standard InChI is InChI=1S/C11H16N2O3S/c1-7(2)13-10(14)5-12-4-9-3-8(6-17-9)11(15)16/h3,6-7,12H,4-5H2,1-2H3,(H,13,14)(H,15,16). The average molecular weight is 256 g/mol. The van der Waals surface area contributed by atoms with Crippen LogP contribution in [0.25, 0.3) is 0 Å². The van der Waals surface area contributed by atoms with Crippen molar-refractivity contribution in [3.05, 3.63) is 21.9 Å². The number of amides is 1. The summed E-state index contributed by atoms with van der Waals surface area (Å²) in [7, 11) is 0. The van der Waals surface area contributed by atoms with Crippen LogP contribution >= 0.6 is 11.3 Å². The predicted octanol–water partition coefficient (Wildman–Crippen LogP) is 1.06. The lowest BCUT2D eigenvalue weighted by atomic mass is 10.3. The van der Waals surface area contributed by atoms with E-state index in [1.807, 2.05) is 13.8 Å². The van der Waals surface area contributed by atoms with E-state index in [1.54, 1.807) is 11.4 Å². The van der Waals surface area contributed by atoms with E-state index in [0.29, 0.717) is 12.1 Å². The van der Waals surface area contributed by atoms with Gasteiger partial charge < -0.3 is 15.7 Å². The lowest BCUT2D eigenvalue weighted by Crippen LogP contribution is -2.37. The van der Waals surface area contributed by atoms with Gasteiger partial charge in [-0.2, -0.15) is 0 Å². The number of hydrogen-bond donors (Lipinski definition) is 3. The number of rotatable bonds is 6. The molecule has 0 aliphatic rings. The van der Waals surface area contributed by atoms with Gasteiger partial charge in [0.15, 0.2) is 0 Å². The lowest BCUT2D eigenvalue weighted by molar-refractivity contribution is -0.120. The van der Waals surface area contributed by atoms with E-state index in [1.165, 1.54) is 11.3 Å². The summed E-state index contributed by atoms with van der Waals surface area (Å²) in [6.07, 6.45) is 0. The number of carboxylic acids is 1. The number of carbonyl (C=O) groups is 2. The topological polar surface area (TPSA) is 78.4 Å². The number of hydrogen-bond acceptors (Lipinski definition) is 4. The minimum absolute atomic E-state index is 0.0602. The van der Waals surface area contributed by atoms with Gasteiger partial charge in [-0.25, -0.2) is 4.79 Å². The van der Waals surface area contributed by atoms with Crippen molar-refractivity contribution >= 4 is 23.2 Å². The van der Waals surface area contributed by atoms with Gasteiger partial charge >= 0.3 is 5.97 Å². The highest BCUT2D eigenvalue weighted by molar-refractivity contribution is 7.10. The Hall–Kier alpha value is -1.40. The molecule has 3 N–H and O–H groups in total. The van der Waals surface area contributed by atoms with Crippen molar-refractivity contribution in [3.63, 3.8) is 0 Å². The van der Waals surface area contributed by atoms with Crippen molar-refractivity contribution in [2.75, 3.05) is 6.54 Å². The van der Waals surface area contributed by atoms with Gasteiger partial charge in [0.05, 0.1) is 12.1 Å². The summed E-state index contributed by atoms with van der Waals surface area (Å²) in [6, 6.07) is 1.74. The number of thiophene rings is 1. The number of carbonyl (C=O) groups excluding carboxylic acids is 1. The highest BCUT2D eigenvalue weighted by atomic mass is 32.1. The van der Waals surface area contributed by atoms with Crippen LogP contribution in [0.1, 0.15) is 29.1 Å². The maximum Gasteiger partial charge on any atom is 0.336 e. The van der Waals surface area contributed by atoms with Crippen LogP contribution in [0, 0.1) is 0 Å². The number of nitrogens with one attached hydrogen (secondary N) is 2. The van der Waals surface area contributed by atoms with Crippen molar-refractivity contribution in [2.45, 2.75) is 26.4 Å². The van der Waals surface area contributed by atoms with Gasteiger partial charge in [0.2, 0.25) is 5.91 Å². The second kappa shape index (κ2) is 6.36. The van der Waals surface area contributed by atoms with Gasteiger partial charge in [-0.15, -0.1) is 11.3 Å². The first-order valence-corrected chi connectivity index (χ1v) is 6.17. The van der Waals surface area contributed by atoms with E-state index in [2.05, 4.69) is 10.6 Å². The van der Waals surface area contributed by atoms with Crippen molar-refractivity contribution in [2.24, 2.45) is 0 Å². The molecule has 0 saturated heterocycles. The molecule has 0 fully saturated rings. The quantitative estimate of drug-likeness (QED) is 0.711. The van der Waals surface area contributed by atoms with Gasteiger partial charge in [-0.1, -0.05) is 0 Å². The van der Waals surface area contributed by atoms with Gasteiger partial charge in [0, 0.05) is 22.8 Å². The zero-order chi connectivity index (χ0) is 12.8. The summed E-state index contributed by atoms with van der Waals surface area (Å²) >= 11 is 1.37. The van der Waals surface area contributed by atoms with Crippen LogP contribution in [0.15, 0.2) is 11.4 Å². The molecule has 5 nitrogen and oxygen atoms in total. The first-order chi connectivity index (χ1) is 7.99. The molecular formula is C11H16N2O3S. The second-order valence-electron chi connectivity index (χ2n) is 3.93. The fourth-order valence-corrected chi connectivity index (χ4v) is 2.09.